The van der Waals surface area contributed by atoms with Crippen molar-refractivity contribution in [2.45, 2.75) is 0 Å². The van der Waals surface area contributed by atoms with Crippen LogP contribution in [0.3, 0.4) is 0 Å². The highest BCUT2D eigenvalue weighted by Gasteiger charge is 2.00. The number of nitrogens with zero attached hydrogens (tertiary/aromatic N) is 1. The van der Waals surface area contributed by atoms with Crippen molar-refractivity contribution in [2.75, 3.05) is 13.2 Å². The molecule has 13 heavy (non-hydrogen) atoms. The third-order valence-electron chi connectivity index (χ3n) is 1.39. The maximum Gasteiger partial charge on any atom is 0.250 e. The number of rotatable bonds is 4. The van der Waals surface area contributed by atoms with E-state index in [0.717, 1.165) is 0 Å². The molecule has 0 saturated carbocycles. The molecule has 1 aromatic heterocycles. The molecule has 0 aromatic carbocycles. The van der Waals surface area contributed by atoms with E-state index in [1.54, 1.807) is 12.1 Å². The van der Waals surface area contributed by atoms with E-state index in [1.807, 2.05) is 0 Å². The molecule has 1 aromatic rings. The highest BCUT2D eigenvalue weighted by Crippen LogP contribution is 2.06. The Morgan fingerprint density at radius 2 is 2.31 bits per heavy atom. The van der Waals surface area contributed by atoms with E-state index in [9.17, 15) is 4.79 Å². The van der Waals surface area contributed by atoms with Gasteiger partial charge >= 0.3 is 0 Å². The van der Waals surface area contributed by atoms with Crippen LogP contribution < -0.4 is 16.2 Å². The zero-order valence-electron chi connectivity index (χ0n) is 7.06. The molecule has 0 bridgehead atoms. The largest absolute Gasteiger partial charge is 0.476 e. The van der Waals surface area contributed by atoms with Gasteiger partial charge in [0.1, 0.15) is 6.61 Å². The minimum Gasteiger partial charge on any atom is -0.476 e. The molecule has 1 amide bonds. The van der Waals surface area contributed by atoms with Crippen LogP contribution in [0.2, 0.25) is 0 Å². The Bertz CT molecular complexity index is 284. The van der Waals surface area contributed by atoms with Gasteiger partial charge in [0.05, 0.1) is 5.56 Å². The first-order valence-corrected chi connectivity index (χ1v) is 3.83. The molecule has 1 rings (SSSR count). The minimum absolute atomic E-state index is 0.361. The van der Waals surface area contributed by atoms with Gasteiger partial charge in [-0.2, -0.15) is 0 Å². The van der Waals surface area contributed by atoms with Gasteiger partial charge in [-0.15, -0.1) is 0 Å². The van der Waals surface area contributed by atoms with Crippen molar-refractivity contribution >= 4 is 5.91 Å². The zero-order valence-corrected chi connectivity index (χ0v) is 7.06. The van der Waals surface area contributed by atoms with E-state index in [4.69, 9.17) is 16.2 Å². The summed E-state index contributed by atoms with van der Waals surface area (Å²) in [6.45, 7) is 0.835. The van der Waals surface area contributed by atoms with Crippen LogP contribution in [0.5, 0.6) is 5.88 Å². The summed E-state index contributed by atoms with van der Waals surface area (Å²) in [7, 11) is 0. The van der Waals surface area contributed by atoms with Gasteiger partial charge in [-0.25, -0.2) is 4.98 Å². The van der Waals surface area contributed by atoms with Crippen LogP contribution in [0.25, 0.3) is 0 Å². The Morgan fingerprint density at radius 1 is 1.54 bits per heavy atom. The van der Waals surface area contributed by atoms with Crippen LogP contribution in [0, 0.1) is 0 Å². The van der Waals surface area contributed by atoms with E-state index >= 15 is 0 Å². The van der Waals surface area contributed by atoms with E-state index in [0.29, 0.717) is 24.6 Å². The first kappa shape index (κ1) is 9.47. The highest BCUT2D eigenvalue weighted by molar-refractivity contribution is 5.92. The molecule has 0 aliphatic rings. The molecule has 0 radical (unpaired) electrons. The number of hydrogen-bond acceptors (Lipinski definition) is 4. The average molecular weight is 181 g/mol. The predicted molar refractivity (Wildman–Crippen MR) is 47.3 cm³/mol. The Balaban J connectivity index is 2.64. The normalized spacial score (nSPS) is 9.62. The smallest absolute Gasteiger partial charge is 0.250 e. The van der Waals surface area contributed by atoms with Gasteiger partial charge in [0.25, 0.3) is 0 Å². The Morgan fingerprint density at radius 3 is 2.77 bits per heavy atom. The third-order valence-corrected chi connectivity index (χ3v) is 1.39. The van der Waals surface area contributed by atoms with Crippen LogP contribution in [0.1, 0.15) is 10.4 Å². The van der Waals surface area contributed by atoms with Crippen molar-refractivity contribution < 1.29 is 9.53 Å². The SMILES string of the molecule is NCCOc1ccc(C(N)=O)cn1. The van der Waals surface area contributed by atoms with Crippen LogP contribution >= 0.6 is 0 Å². The van der Waals surface area contributed by atoms with Gasteiger partial charge in [0.2, 0.25) is 11.8 Å². The van der Waals surface area contributed by atoms with Gasteiger partial charge in [-0.3, -0.25) is 4.79 Å². The minimum atomic E-state index is -0.502. The van der Waals surface area contributed by atoms with Gasteiger partial charge < -0.3 is 16.2 Å². The van der Waals surface area contributed by atoms with Gasteiger partial charge in [0.15, 0.2) is 0 Å². The molecule has 5 nitrogen and oxygen atoms in total. The monoisotopic (exact) mass is 181 g/mol. The third kappa shape index (κ3) is 2.72. The molecular formula is C8H11N3O2. The second-order valence-electron chi connectivity index (χ2n) is 2.39. The summed E-state index contributed by atoms with van der Waals surface area (Å²) < 4.78 is 5.10. The number of carbonyl (C=O) groups excluding carboxylic acids is 1. The fraction of sp³-hybridized carbons (Fsp3) is 0.250. The van der Waals surface area contributed by atoms with Crippen molar-refractivity contribution in [2.24, 2.45) is 11.5 Å². The number of ether oxygens (including phenoxy) is 1. The Labute approximate surface area is 75.7 Å². The lowest BCUT2D eigenvalue weighted by molar-refractivity contribution is 0.1000. The Hall–Kier alpha value is -1.62. The number of amides is 1. The second-order valence-corrected chi connectivity index (χ2v) is 2.39. The molecule has 0 aliphatic carbocycles. The molecule has 0 fully saturated rings. The van der Waals surface area contributed by atoms with Crippen LogP contribution in [-0.2, 0) is 0 Å². The summed E-state index contributed by atoms with van der Waals surface area (Å²) in [5.74, 6) is -0.0617. The van der Waals surface area contributed by atoms with Crippen molar-refractivity contribution in [3.63, 3.8) is 0 Å². The first-order chi connectivity index (χ1) is 6.24. The summed E-state index contributed by atoms with van der Waals surface area (Å²) >= 11 is 0. The fourth-order valence-electron chi connectivity index (χ4n) is 0.775. The van der Waals surface area contributed by atoms with E-state index in [-0.39, 0.29) is 0 Å². The lowest BCUT2D eigenvalue weighted by Crippen LogP contribution is -2.13. The van der Waals surface area contributed by atoms with Crippen molar-refractivity contribution in [3.05, 3.63) is 23.9 Å². The summed E-state index contributed by atoms with van der Waals surface area (Å²) in [4.78, 5) is 14.5. The van der Waals surface area contributed by atoms with Crippen molar-refractivity contribution in [3.8, 4) is 5.88 Å². The van der Waals surface area contributed by atoms with E-state index in [2.05, 4.69) is 4.98 Å². The average Bonchev–Trinajstić information content (AvgIpc) is 2.15. The van der Waals surface area contributed by atoms with Crippen LogP contribution in [0.4, 0.5) is 0 Å². The maximum atomic E-state index is 10.6. The van der Waals surface area contributed by atoms with Gasteiger partial charge in [-0.05, 0) is 6.07 Å². The molecule has 0 spiro atoms. The molecule has 70 valence electrons. The standard InChI is InChI=1S/C8H11N3O2/c9-3-4-13-7-2-1-6(5-11-7)8(10)12/h1-2,5H,3-4,9H2,(H2,10,12). The maximum absolute atomic E-state index is 10.6. The zero-order chi connectivity index (χ0) is 9.68. The first-order valence-electron chi connectivity index (χ1n) is 3.83. The molecule has 0 atom stereocenters. The van der Waals surface area contributed by atoms with Crippen LogP contribution in [0.15, 0.2) is 18.3 Å². The van der Waals surface area contributed by atoms with Crippen molar-refractivity contribution in [1.82, 2.24) is 4.98 Å². The number of carbonyl (C=O) groups is 1. The Kier molecular flexibility index (Phi) is 3.22. The highest BCUT2D eigenvalue weighted by atomic mass is 16.5. The summed E-state index contributed by atoms with van der Waals surface area (Å²) in [6.07, 6.45) is 1.37. The fourth-order valence-corrected chi connectivity index (χ4v) is 0.775. The topological polar surface area (TPSA) is 91.2 Å². The number of aromatic nitrogens is 1. The lowest BCUT2D eigenvalue weighted by Gasteiger charge is -2.02. The molecule has 5 heteroatoms. The number of nitrogens with two attached hydrogens (primary N) is 2. The summed E-state index contributed by atoms with van der Waals surface area (Å²) in [5.41, 5.74) is 10.6. The molecular weight excluding hydrogens is 170 g/mol. The number of hydrogen-bond donors (Lipinski definition) is 2. The summed E-state index contributed by atoms with van der Waals surface area (Å²) in [6, 6.07) is 3.14. The summed E-state index contributed by atoms with van der Waals surface area (Å²) in [5, 5.41) is 0. The van der Waals surface area contributed by atoms with Gasteiger partial charge in [0, 0.05) is 18.8 Å². The predicted octanol–water partition coefficient (Wildman–Crippen LogP) is -0.482. The molecule has 0 unspecified atom stereocenters. The number of primary amides is 1. The second kappa shape index (κ2) is 4.42. The molecule has 1 heterocycles. The lowest BCUT2D eigenvalue weighted by atomic mass is 10.3. The van der Waals surface area contributed by atoms with Crippen LogP contribution in [-0.4, -0.2) is 24.0 Å². The molecule has 0 saturated heterocycles. The number of pyridine rings is 1. The van der Waals surface area contributed by atoms with Crippen molar-refractivity contribution in [1.29, 1.82) is 0 Å². The quantitative estimate of drug-likeness (QED) is 0.656. The molecule has 0 aliphatic heterocycles. The molecule has 4 N–H and O–H groups in total. The van der Waals surface area contributed by atoms with E-state index < -0.39 is 5.91 Å². The van der Waals surface area contributed by atoms with Gasteiger partial charge in [-0.1, -0.05) is 0 Å². The van der Waals surface area contributed by atoms with E-state index in [1.165, 1.54) is 6.20 Å².